The molecule has 1 atom stereocenters. The molecule has 8 heteroatoms. The number of carboxylic acid groups (broad SMARTS) is 1. The lowest BCUT2D eigenvalue weighted by Crippen LogP contribution is -2.17. The van der Waals surface area contributed by atoms with Gasteiger partial charge in [0.2, 0.25) is 0 Å². The molecule has 0 saturated carbocycles. The van der Waals surface area contributed by atoms with Crippen LogP contribution in [0.15, 0.2) is 42.5 Å². The zero-order valence-corrected chi connectivity index (χ0v) is 12.1. The highest BCUT2D eigenvalue weighted by Crippen LogP contribution is 2.36. The lowest BCUT2D eigenvalue weighted by molar-refractivity contribution is -0.274. The van der Waals surface area contributed by atoms with Crippen LogP contribution in [0.2, 0.25) is 5.02 Å². The van der Waals surface area contributed by atoms with E-state index in [1.54, 1.807) is 0 Å². The van der Waals surface area contributed by atoms with Gasteiger partial charge in [-0.3, -0.25) is 0 Å². The predicted octanol–water partition coefficient (Wildman–Crippen LogP) is 4.02. The monoisotopic (exact) mass is 346 g/mol. The van der Waals surface area contributed by atoms with E-state index in [2.05, 4.69) is 4.74 Å². The summed E-state index contributed by atoms with van der Waals surface area (Å²) in [7, 11) is 0. The van der Waals surface area contributed by atoms with Crippen LogP contribution < -0.4 is 4.74 Å². The topological polar surface area (TPSA) is 66.8 Å². The summed E-state index contributed by atoms with van der Waals surface area (Å²) in [5.41, 5.74) is 0.358. The van der Waals surface area contributed by atoms with Crippen LogP contribution in [-0.4, -0.2) is 22.5 Å². The van der Waals surface area contributed by atoms with Crippen molar-refractivity contribution < 1.29 is 32.9 Å². The van der Waals surface area contributed by atoms with Crippen molar-refractivity contribution >= 4 is 17.6 Å². The predicted molar refractivity (Wildman–Crippen MR) is 76.2 cm³/mol. The number of rotatable bonds is 4. The Morgan fingerprint density at radius 1 is 1.17 bits per heavy atom. The van der Waals surface area contributed by atoms with Crippen LogP contribution >= 0.6 is 11.6 Å². The Kier molecular flexibility index (Phi) is 4.82. The number of carboxylic acids is 1. The average molecular weight is 347 g/mol. The van der Waals surface area contributed by atoms with Crippen LogP contribution in [0, 0.1) is 0 Å². The van der Waals surface area contributed by atoms with Gasteiger partial charge in [-0.1, -0.05) is 41.9 Å². The maximum Gasteiger partial charge on any atom is 0.573 e. The van der Waals surface area contributed by atoms with Crippen LogP contribution in [0.1, 0.15) is 11.7 Å². The molecule has 23 heavy (non-hydrogen) atoms. The second kappa shape index (κ2) is 6.47. The molecule has 0 aliphatic carbocycles. The van der Waals surface area contributed by atoms with Crippen molar-refractivity contribution in [2.45, 2.75) is 12.5 Å². The molecule has 0 spiro atoms. The summed E-state index contributed by atoms with van der Waals surface area (Å²) in [6, 6.07) is 9.31. The van der Waals surface area contributed by atoms with Gasteiger partial charge in [0.25, 0.3) is 0 Å². The smallest absolute Gasteiger partial charge is 0.479 e. The van der Waals surface area contributed by atoms with Gasteiger partial charge in [0.05, 0.1) is 0 Å². The second-order valence-electron chi connectivity index (χ2n) is 4.52. The van der Waals surface area contributed by atoms with E-state index in [4.69, 9.17) is 16.7 Å². The zero-order chi connectivity index (χ0) is 17.2. The Bertz CT molecular complexity index is 731. The molecule has 0 aromatic heterocycles. The molecule has 0 aliphatic heterocycles. The van der Waals surface area contributed by atoms with E-state index in [0.717, 1.165) is 6.07 Å². The molecule has 0 aliphatic rings. The standard InChI is InChI=1S/C15H10ClF3O4/c16-11-7-8(5-6-10(11)13(20)14(21)22)9-3-1-2-4-12(9)23-15(17,18)19/h1-7,13,20H,(H,21,22). The zero-order valence-electron chi connectivity index (χ0n) is 11.3. The molecule has 0 saturated heterocycles. The van der Waals surface area contributed by atoms with Crippen molar-refractivity contribution in [3.63, 3.8) is 0 Å². The molecule has 122 valence electrons. The largest absolute Gasteiger partial charge is 0.573 e. The quantitative estimate of drug-likeness (QED) is 0.877. The number of ether oxygens (including phenoxy) is 1. The molecule has 2 aromatic carbocycles. The SMILES string of the molecule is O=C(O)C(O)c1ccc(-c2ccccc2OC(F)(F)F)cc1Cl. The van der Waals surface area contributed by atoms with E-state index in [0.29, 0.717) is 0 Å². The van der Waals surface area contributed by atoms with Crippen molar-refractivity contribution in [1.29, 1.82) is 0 Å². The molecule has 0 fully saturated rings. The normalized spacial score (nSPS) is 12.7. The fourth-order valence-corrected chi connectivity index (χ4v) is 2.25. The van der Waals surface area contributed by atoms with Crippen molar-refractivity contribution in [2.75, 3.05) is 0 Å². The molecule has 2 rings (SSSR count). The van der Waals surface area contributed by atoms with Crippen LogP contribution in [0.4, 0.5) is 13.2 Å². The maximum atomic E-state index is 12.4. The van der Waals surface area contributed by atoms with Crippen molar-refractivity contribution in [2.24, 2.45) is 0 Å². The molecule has 0 bridgehead atoms. The van der Waals surface area contributed by atoms with Crippen LogP contribution in [0.5, 0.6) is 5.75 Å². The highest BCUT2D eigenvalue weighted by Gasteiger charge is 2.32. The summed E-state index contributed by atoms with van der Waals surface area (Å²) in [6.45, 7) is 0. The summed E-state index contributed by atoms with van der Waals surface area (Å²) >= 11 is 5.92. The Hall–Kier alpha value is -2.25. The van der Waals surface area contributed by atoms with Gasteiger partial charge in [-0.05, 0) is 17.7 Å². The van der Waals surface area contributed by atoms with Crippen molar-refractivity contribution in [1.82, 2.24) is 0 Å². The molecule has 0 radical (unpaired) electrons. The minimum atomic E-state index is -4.85. The molecule has 0 amide bonds. The lowest BCUT2D eigenvalue weighted by atomic mass is 10.0. The van der Waals surface area contributed by atoms with Crippen LogP contribution in [0.25, 0.3) is 11.1 Å². The molecule has 2 aromatic rings. The minimum Gasteiger partial charge on any atom is -0.479 e. The highest BCUT2D eigenvalue weighted by atomic mass is 35.5. The number of benzene rings is 2. The van der Waals surface area contributed by atoms with Gasteiger partial charge >= 0.3 is 12.3 Å². The first-order chi connectivity index (χ1) is 10.7. The molecule has 1 unspecified atom stereocenters. The van der Waals surface area contributed by atoms with E-state index in [1.807, 2.05) is 0 Å². The Labute approximate surface area is 133 Å². The summed E-state index contributed by atoms with van der Waals surface area (Å²) < 4.78 is 41.2. The number of aliphatic carboxylic acids is 1. The highest BCUT2D eigenvalue weighted by molar-refractivity contribution is 6.32. The van der Waals surface area contributed by atoms with Gasteiger partial charge in [0.15, 0.2) is 6.10 Å². The molecule has 2 N–H and O–H groups in total. The summed E-state index contributed by atoms with van der Waals surface area (Å²) in [5.74, 6) is -1.90. The third kappa shape index (κ3) is 4.14. The number of aliphatic hydroxyl groups is 1. The number of alkyl halides is 3. The first-order valence-corrected chi connectivity index (χ1v) is 6.62. The number of aliphatic hydroxyl groups excluding tert-OH is 1. The lowest BCUT2D eigenvalue weighted by Gasteiger charge is -2.14. The van der Waals surface area contributed by atoms with E-state index >= 15 is 0 Å². The van der Waals surface area contributed by atoms with Gasteiger partial charge in [-0.15, -0.1) is 13.2 Å². The fraction of sp³-hybridized carbons (Fsp3) is 0.133. The first kappa shape index (κ1) is 17.1. The molecule has 4 nitrogen and oxygen atoms in total. The van der Waals surface area contributed by atoms with Gasteiger partial charge in [-0.25, -0.2) is 4.79 Å². The third-order valence-electron chi connectivity index (χ3n) is 2.95. The van der Waals surface area contributed by atoms with Crippen LogP contribution in [0.3, 0.4) is 0 Å². The fourth-order valence-electron chi connectivity index (χ4n) is 1.97. The molecular formula is C15H10ClF3O4. The van der Waals surface area contributed by atoms with E-state index in [9.17, 15) is 23.1 Å². The third-order valence-corrected chi connectivity index (χ3v) is 3.28. The van der Waals surface area contributed by atoms with Gasteiger partial charge in [-0.2, -0.15) is 0 Å². The Balaban J connectivity index is 2.44. The molecular weight excluding hydrogens is 337 g/mol. The molecule has 0 heterocycles. The summed E-state index contributed by atoms with van der Waals surface area (Å²) in [4.78, 5) is 10.8. The summed E-state index contributed by atoms with van der Waals surface area (Å²) in [6.07, 6.45) is -6.67. The average Bonchev–Trinajstić information content (AvgIpc) is 2.45. The van der Waals surface area contributed by atoms with E-state index in [1.165, 1.54) is 36.4 Å². The maximum absolute atomic E-state index is 12.4. The number of carbonyl (C=O) groups is 1. The van der Waals surface area contributed by atoms with Crippen molar-refractivity contribution in [3.8, 4) is 16.9 Å². The minimum absolute atomic E-state index is 0.0582. The number of para-hydroxylation sites is 1. The number of halogens is 4. The van der Waals surface area contributed by atoms with E-state index < -0.39 is 24.2 Å². The Morgan fingerprint density at radius 3 is 2.39 bits per heavy atom. The number of hydrogen-bond donors (Lipinski definition) is 2. The van der Waals surface area contributed by atoms with Gasteiger partial charge in [0.1, 0.15) is 5.75 Å². The number of hydrogen-bond acceptors (Lipinski definition) is 3. The van der Waals surface area contributed by atoms with Gasteiger partial charge in [0, 0.05) is 16.1 Å². The van der Waals surface area contributed by atoms with E-state index in [-0.39, 0.29) is 21.7 Å². The van der Waals surface area contributed by atoms with Crippen molar-refractivity contribution in [3.05, 3.63) is 53.1 Å². The summed E-state index contributed by atoms with van der Waals surface area (Å²) in [5, 5.41) is 18.2. The second-order valence-corrected chi connectivity index (χ2v) is 4.93. The van der Waals surface area contributed by atoms with Crippen LogP contribution in [-0.2, 0) is 4.79 Å². The first-order valence-electron chi connectivity index (χ1n) is 6.24. The van der Waals surface area contributed by atoms with Gasteiger partial charge < -0.3 is 14.9 Å². The Morgan fingerprint density at radius 2 is 1.83 bits per heavy atom.